The molecule has 1 rings (SSSR count). The van der Waals surface area contributed by atoms with Crippen LogP contribution in [0.25, 0.3) is 0 Å². The maximum atomic E-state index is 5.21. The summed E-state index contributed by atoms with van der Waals surface area (Å²) in [6.45, 7) is 0. The lowest BCUT2D eigenvalue weighted by atomic mass is 10.3. The molecular weight excluding hydrogens is 156 g/mol. The second-order valence-electron chi connectivity index (χ2n) is 1.91. The molecule has 62 valence electrons. The van der Waals surface area contributed by atoms with Crippen LogP contribution in [-0.2, 0) is 0 Å². The van der Waals surface area contributed by atoms with Crippen LogP contribution >= 0.6 is 0 Å². The molecule has 4 nitrogen and oxygen atoms in total. The third-order valence-corrected chi connectivity index (χ3v) is 1.31. The van der Waals surface area contributed by atoms with Gasteiger partial charge in [-0.3, -0.25) is 0 Å². The minimum atomic E-state index is 0.351. The van der Waals surface area contributed by atoms with E-state index < -0.39 is 0 Å². The Morgan fingerprint density at radius 1 is 1.25 bits per heavy atom. The predicted molar refractivity (Wildman–Crippen MR) is 43.1 cm³/mol. The average Bonchev–Trinajstić information content (AvgIpc) is 2.16. The van der Waals surface area contributed by atoms with Crippen LogP contribution in [0.15, 0.2) is 6.33 Å². The fourth-order valence-electron chi connectivity index (χ4n) is 0.787. The van der Waals surface area contributed by atoms with Crippen LogP contribution in [0.5, 0.6) is 11.8 Å². The molecule has 0 bridgehead atoms. The number of rotatable bonds is 2. The lowest BCUT2D eigenvalue weighted by molar-refractivity contribution is 0.369. The van der Waals surface area contributed by atoms with Crippen molar-refractivity contribution in [2.45, 2.75) is 0 Å². The van der Waals surface area contributed by atoms with Gasteiger partial charge in [-0.1, -0.05) is 5.92 Å². The molecule has 12 heavy (non-hydrogen) atoms. The lowest BCUT2D eigenvalue weighted by Crippen LogP contribution is -1.97. The van der Waals surface area contributed by atoms with Crippen LogP contribution in [0.1, 0.15) is 5.56 Å². The molecule has 0 aliphatic heterocycles. The zero-order chi connectivity index (χ0) is 8.97. The fraction of sp³-hybridized carbons (Fsp3) is 0.250. The van der Waals surface area contributed by atoms with E-state index in [0.717, 1.165) is 0 Å². The molecule has 0 aliphatic carbocycles. The van der Waals surface area contributed by atoms with Gasteiger partial charge < -0.3 is 9.47 Å². The Balaban J connectivity index is 3.25. The molecular formula is C8H8N2O2. The molecule has 0 radical (unpaired) electrons. The second kappa shape index (κ2) is 3.58. The quantitative estimate of drug-likeness (QED) is 0.596. The molecule has 0 fully saturated rings. The van der Waals surface area contributed by atoms with E-state index in [2.05, 4.69) is 15.9 Å². The van der Waals surface area contributed by atoms with Crippen LogP contribution in [0.4, 0.5) is 0 Å². The van der Waals surface area contributed by atoms with E-state index in [4.69, 9.17) is 15.9 Å². The van der Waals surface area contributed by atoms with E-state index in [0.29, 0.717) is 17.3 Å². The van der Waals surface area contributed by atoms with Crippen molar-refractivity contribution in [3.63, 3.8) is 0 Å². The molecule has 0 atom stereocenters. The first-order chi connectivity index (χ1) is 5.83. The van der Waals surface area contributed by atoms with Crippen LogP contribution in [0.3, 0.4) is 0 Å². The molecule has 0 amide bonds. The van der Waals surface area contributed by atoms with E-state index in [1.165, 1.54) is 20.5 Å². The number of nitrogens with zero attached hydrogens (tertiary/aromatic N) is 2. The van der Waals surface area contributed by atoms with Crippen molar-refractivity contribution in [1.82, 2.24) is 9.97 Å². The van der Waals surface area contributed by atoms with Crippen molar-refractivity contribution in [3.05, 3.63) is 11.9 Å². The van der Waals surface area contributed by atoms with Gasteiger partial charge in [0.25, 0.3) is 0 Å². The van der Waals surface area contributed by atoms with Gasteiger partial charge in [-0.25, -0.2) is 9.97 Å². The Hall–Kier alpha value is -1.76. The van der Waals surface area contributed by atoms with Crippen molar-refractivity contribution in [3.8, 4) is 24.1 Å². The van der Waals surface area contributed by atoms with Gasteiger partial charge in [0, 0.05) is 0 Å². The molecule has 1 aromatic heterocycles. The Morgan fingerprint density at radius 3 is 2.08 bits per heavy atom. The Morgan fingerprint density at radius 2 is 1.75 bits per heavy atom. The van der Waals surface area contributed by atoms with Crippen molar-refractivity contribution in [2.75, 3.05) is 14.2 Å². The van der Waals surface area contributed by atoms with Gasteiger partial charge in [-0.05, 0) is 0 Å². The molecule has 1 heterocycles. The average molecular weight is 164 g/mol. The van der Waals surface area contributed by atoms with Gasteiger partial charge in [-0.15, -0.1) is 6.42 Å². The highest BCUT2D eigenvalue weighted by molar-refractivity contribution is 5.46. The van der Waals surface area contributed by atoms with Crippen molar-refractivity contribution >= 4 is 0 Å². The normalized spacial score (nSPS) is 8.75. The van der Waals surface area contributed by atoms with E-state index in [9.17, 15) is 0 Å². The summed E-state index contributed by atoms with van der Waals surface area (Å²) in [5, 5.41) is 0. The maximum Gasteiger partial charge on any atom is 0.236 e. The van der Waals surface area contributed by atoms with Crippen LogP contribution in [0.2, 0.25) is 0 Å². The summed E-state index contributed by atoms with van der Waals surface area (Å²) in [4.78, 5) is 7.64. The summed E-state index contributed by atoms with van der Waals surface area (Å²) < 4.78 is 9.81. The first-order valence-corrected chi connectivity index (χ1v) is 3.23. The third-order valence-electron chi connectivity index (χ3n) is 1.31. The van der Waals surface area contributed by atoms with Gasteiger partial charge in [-0.2, -0.15) is 0 Å². The molecule has 0 spiro atoms. The predicted octanol–water partition coefficient (Wildman–Crippen LogP) is 0.475. The second-order valence-corrected chi connectivity index (χ2v) is 1.91. The Kier molecular flexibility index (Phi) is 2.49. The highest BCUT2D eigenvalue weighted by atomic mass is 16.5. The summed E-state index contributed by atoms with van der Waals surface area (Å²) in [6, 6.07) is 0. The van der Waals surface area contributed by atoms with Gasteiger partial charge in [0.15, 0.2) is 0 Å². The van der Waals surface area contributed by atoms with Crippen molar-refractivity contribution in [1.29, 1.82) is 0 Å². The highest BCUT2D eigenvalue weighted by Gasteiger charge is 2.08. The smallest absolute Gasteiger partial charge is 0.236 e. The van der Waals surface area contributed by atoms with Gasteiger partial charge >= 0.3 is 0 Å². The van der Waals surface area contributed by atoms with E-state index in [1.807, 2.05) is 0 Å². The van der Waals surface area contributed by atoms with E-state index in [1.54, 1.807) is 0 Å². The third kappa shape index (κ3) is 1.30. The molecule has 1 aromatic rings. The fourth-order valence-corrected chi connectivity index (χ4v) is 0.787. The summed E-state index contributed by atoms with van der Waals surface area (Å²) in [5.74, 6) is 3.09. The number of hydrogen-bond acceptors (Lipinski definition) is 4. The monoisotopic (exact) mass is 164 g/mol. The topological polar surface area (TPSA) is 44.2 Å². The first kappa shape index (κ1) is 8.34. The van der Waals surface area contributed by atoms with Gasteiger partial charge in [0.1, 0.15) is 11.9 Å². The molecule has 0 unspecified atom stereocenters. The summed E-state index contributed by atoms with van der Waals surface area (Å²) in [7, 11) is 2.98. The number of hydrogen-bond donors (Lipinski definition) is 0. The maximum absolute atomic E-state index is 5.21. The zero-order valence-corrected chi connectivity index (χ0v) is 6.87. The SMILES string of the molecule is C#Cc1c(OC)ncnc1OC. The number of methoxy groups -OCH3 is 2. The minimum Gasteiger partial charge on any atom is -0.480 e. The number of aromatic nitrogens is 2. The molecule has 0 N–H and O–H groups in total. The highest BCUT2D eigenvalue weighted by Crippen LogP contribution is 2.21. The minimum absolute atomic E-state index is 0.351. The number of terminal acetylenes is 1. The summed E-state index contributed by atoms with van der Waals surface area (Å²) in [5.41, 5.74) is 0.433. The molecule has 0 aromatic carbocycles. The van der Waals surface area contributed by atoms with Crippen LogP contribution < -0.4 is 9.47 Å². The van der Waals surface area contributed by atoms with E-state index >= 15 is 0 Å². The molecule has 0 aliphatic rings. The van der Waals surface area contributed by atoms with Gasteiger partial charge in [0.05, 0.1) is 14.2 Å². The molecule has 0 saturated heterocycles. The largest absolute Gasteiger partial charge is 0.480 e. The van der Waals surface area contributed by atoms with Crippen molar-refractivity contribution < 1.29 is 9.47 Å². The van der Waals surface area contributed by atoms with Crippen LogP contribution in [-0.4, -0.2) is 24.2 Å². The van der Waals surface area contributed by atoms with Crippen LogP contribution in [0, 0.1) is 12.3 Å². The lowest BCUT2D eigenvalue weighted by Gasteiger charge is -2.04. The van der Waals surface area contributed by atoms with Gasteiger partial charge in [0.2, 0.25) is 11.8 Å². The number of ether oxygens (including phenoxy) is 2. The van der Waals surface area contributed by atoms with Crippen molar-refractivity contribution in [2.24, 2.45) is 0 Å². The molecule has 4 heteroatoms. The Labute approximate surface area is 70.6 Å². The standard InChI is InChI=1S/C8H8N2O2/c1-4-6-7(11-2)9-5-10-8(6)12-3/h1,5H,2-3H3. The summed E-state index contributed by atoms with van der Waals surface area (Å²) in [6.07, 6.45) is 6.54. The Bertz CT molecular complexity index is 295. The van der Waals surface area contributed by atoms with E-state index in [-0.39, 0.29) is 0 Å². The zero-order valence-electron chi connectivity index (χ0n) is 6.87. The first-order valence-electron chi connectivity index (χ1n) is 3.23. The summed E-state index contributed by atoms with van der Waals surface area (Å²) >= 11 is 0. The molecule has 0 saturated carbocycles.